The molecule has 0 radical (unpaired) electrons. The van der Waals surface area contributed by atoms with Gasteiger partial charge in [-0.1, -0.05) is 91.0 Å². The second-order valence-corrected chi connectivity index (χ2v) is 14.5. The first-order chi connectivity index (χ1) is 23.1. The van der Waals surface area contributed by atoms with Crippen LogP contribution in [0, 0.1) is 0 Å². The van der Waals surface area contributed by atoms with E-state index < -0.39 is 35.4 Å². The molecule has 0 aromatic heterocycles. The standard InChI is InChI=1S/C40H48NO7/c1-39(2,3)47-36(43)24-23-35(42)46-37(29-15-7-4-8-16-29)48-40(30-17-9-5-10-18-30,31-19-11-6-12-20-31)38(44)45-34-27-32-21-22-33(28-34)41(32)25-13-14-26-41/h4-12,15-20,32-34,37H,13-14,21-28H2,1-3H3/q+1. The molecule has 3 fully saturated rings. The van der Waals surface area contributed by atoms with Crippen LogP contribution in [0.25, 0.3) is 0 Å². The summed E-state index contributed by atoms with van der Waals surface area (Å²) in [6, 6.07) is 28.7. The van der Waals surface area contributed by atoms with Crippen molar-refractivity contribution >= 4 is 17.9 Å². The number of rotatable bonds is 11. The monoisotopic (exact) mass is 654 g/mol. The van der Waals surface area contributed by atoms with E-state index in [9.17, 15) is 14.4 Å². The Hall–Kier alpha value is -4.01. The van der Waals surface area contributed by atoms with Crippen molar-refractivity contribution in [3.8, 4) is 0 Å². The lowest BCUT2D eigenvalue weighted by atomic mass is 9.85. The molecule has 3 aliphatic heterocycles. The zero-order chi connectivity index (χ0) is 33.8. The summed E-state index contributed by atoms with van der Waals surface area (Å²) in [6.45, 7) is 7.79. The van der Waals surface area contributed by atoms with E-state index in [-0.39, 0.29) is 18.9 Å². The maximum Gasteiger partial charge on any atom is 0.348 e. The van der Waals surface area contributed by atoms with Crippen molar-refractivity contribution in [1.82, 2.24) is 0 Å². The summed E-state index contributed by atoms with van der Waals surface area (Å²) >= 11 is 0. The average Bonchev–Trinajstić information content (AvgIpc) is 3.62. The molecule has 3 aliphatic rings. The minimum Gasteiger partial charge on any atom is -0.460 e. The lowest BCUT2D eigenvalue weighted by molar-refractivity contribution is -0.956. The quantitative estimate of drug-likeness (QED) is 0.0939. The van der Waals surface area contributed by atoms with Crippen molar-refractivity contribution in [3.63, 3.8) is 0 Å². The lowest BCUT2D eigenvalue weighted by Crippen LogP contribution is -2.60. The number of nitrogens with zero attached hydrogens (tertiary/aromatic N) is 1. The highest BCUT2D eigenvalue weighted by Gasteiger charge is 2.57. The van der Waals surface area contributed by atoms with Crippen LogP contribution in [0.5, 0.6) is 0 Å². The molecule has 3 saturated heterocycles. The minimum atomic E-state index is -1.76. The fraction of sp³-hybridized carbons (Fsp3) is 0.475. The molecule has 3 atom stereocenters. The third-order valence-electron chi connectivity index (χ3n) is 10.2. The molecule has 0 amide bonds. The predicted molar refractivity (Wildman–Crippen MR) is 180 cm³/mol. The van der Waals surface area contributed by atoms with Crippen LogP contribution in [-0.2, 0) is 38.9 Å². The first kappa shape index (κ1) is 33.9. The van der Waals surface area contributed by atoms with Gasteiger partial charge in [0.25, 0.3) is 0 Å². The summed E-state index contributed by atoms with van der Waals surface area (Å²) in [4.78, 5) is 40.6. The molecule has 0 saturated carbocycles. The van der Waals surface area contributed by atoms with Crippen molar-refractivity contribution < 1.29 is 37.8 Å². The van der Waals surface area contributed by atoms with Crippen LogP contribution in [-0.4, -0.2) is 59.3 Å². The number of hydrogen-bond donors (Lipinski definition) is 0. The van der Waals surface area contributed by atoms with Gasteiger partial charge in [0.1, 0.15) is 11.7 Å². The first-order valence-electron chi connectivity index (χ1n) is 17.4. The fourth-order valence-corrected chi connectivity index (χ4v) is 8.18. The van der Waals surface area contributed by atoms with Crippen molar-refractivity contribution in [2.24, 2.45) is 0 Å². The summed E-state index contributed by atoms with van der Waals surface area (Å²) < 4.78 is 26.0. The number of piperidine rings is 1. The SMILES string of the molecule is CC(C)(C)OC(=O)CCC(=O)OC(OC(C(=O)OC1CC2CCC(C1)[N+]21CCCC1)(c1ccccc1)c1ccccc1)c1ccccc1. The smallest absolute Gasteiger partial charge is 0.348 e. The van der Waals surface area contributed by atoms with Gasteiger partial charge in [-0.2, -0.15) is 0 Å². The van der Waals surface area contributed by atoms with Crippen molar-refractivity contribution in [2.75, 3.05) is 13.1 Å². The summed E-state index contributed by atoms with van der Waals surface area (Å²) in [5.41, 5.74) is -0.757. The van der Waals surface area contributed by atoms with Gasteiger partial charge in [0, 0.05) is 44.1 Å². The number of ether oxygens (including phenoxy) is 4. The van der Waals surface area contributed by atoms with Crippen LogP contribution in [0.1, 0.15) is 95.1 Å². The molecule has 3 aromatic carbocycles. The molecule has 3 heterocycles. The van der Waals surface area contributed by atoms with Crippen LogP contribution in [0.2, 0.25) is 0 Å². The number of quaternary nitrogens is 1. The third kappa shape index (κ3) is 7.20. The summed E-state index contributed by atoms with van der Waals surface area (Å²) in [5, 5.41) is 0. The van der Waals surface area contributed by atoms with Gasteiger partial charge in [0.2, 0.25) is 11.9 Å². The highest BCUT2D eigenvalue weighted by molar-refractivity contribution is 5.86. The van der Waals surface area contributed by atoms with Gasteiger partial charge in [0.05, 0.1) is 38.0 Å². The van der Waals surface area contributed by atoms with E-state index in [1.807, 2.05) is 78.9 Å². The Kier molecular flexibility index (Phi) is 10.0. The summed E-state index contributed by atoms with van der Waals surface area (Å²) in [7, 11) is 0. The zero-order valence-corrected chi connectivity index (χ0v) is 28.3. The highest BCUT2D eigenvalue weighted by Crippen LogP contribution is 2.47. The van der Waals surface area contributed by atoms with Gasteiger partial charge in [0.15, 0.2) is 0 Å². The molecular weight excluding hydrogens is 606 g/mol. The van der Waals surface area contributed by atoms with Crippen molar-refractivity contribution in [3.05, 3.63) is 108 Å². The Bertz CT molecular complexity index is 1490. The molecule has 0 N–H and O–H groups in total. The average molecular weight is 655 g/mol. The van der Waals surface area contributed by atoms with Gasteiger partial charge in [-0.15, -0.1) is 0 Å². The van der Waals surface area contributed by atoms with Crippen molar-refractivity contribution in [1.29, 1.82) is 0 Å². The molecule has 48 heavy (non-hydrogen) atoms. The molecule has 6 rings (SSSR count). The Morgan fingerprint density at radius 3 is 1.75 bits per heavy atom. The number of carbonyl (C=O) groups is 3. The molecule has 3 unspecified atom stereocenters. The van der Waals surface area contributed by atoms with E-state index in [4.69, 9.17) is 18.9 Å². The lowest BCUT2D eigenvalue weighted by Gasteiger charge is -2.47. The Morgan fingerprint density at radius 2 is 1.23 bits per heavy atom. The van der Waals surface area contributed by atoms with Crippen LogP contribution < -0.4 is 0 Å². The van der Waals surface area contributed by atoms with Gasteiger partial charge >= 0.3 is 17.9 Å². The van der Waals surface area contributed by atoms with Crippen LogP contribution in [0.15, 0.2) is 91.0 Å². The second kappa shape index (κ2) is 14.2. The minimum absolute atomic E-state index is 0.147. The normalized spacial score (nSPS) is 22.2. The van der Waals surface area contributed by atoms with Crippen LogP contribution in [0.3, 0.4) is 0 Å². The topological polar surface area (TPSA) is 88.1 Å². The third-order valence-corrected chi connectivity index (χ3v) is 10.2. The second-order valence-electron chi connectivity index (χ2n) is 14.5. The number of carbonyl (C=O) groups excluding carboxylic acids is 3. The van der Waals surface area contributed by atoms with E-state index in [2.05, 4.69) is 0 Å². The zero-order valence-electron chi connectivity index (χ0n) is 28.3. The maximum absolute atomic E-state index is 14.9. The Balaban J connectivity index is 1.33. The number of benzene rings is 3. The van der Waals surface area contributed by atoms with Gasteiger partial charge in [-0.25, -0.2) is 4.79 Å². The molecule has 8 heteroatoms. The molecule has 2 bridgehead atoms. The fourth-order valence-electron chi connectivity index (χ4n) is 8.18. The number of esters is 3. The van der Waals surface area contributed by atoms with E-state index in [0.29, 0.717) is 28.8 Å². The van der Waals surface area contributed by atoms with E-state index in [1.54, 1.807) is 32.9 Å². The summed E-state index contributed by atoms with van der Waals surface area (Å²) in [5.74, 6) is -1.69. The predicted octanol–water partition coefficient (Wildman–Crippen LogP) is 7.16. The largest absolute Gasteiger partial charge is 0.460 e. The summed E-state index contributed by atoms with van der Waals surface area (Å²) in [6.07, 6.45) is 4.69. The van der Waals surface area contributed by atoms with E-state index >= 15 is 0 Å². The molecule has 3 aromatic rings. The highest BCUT2D eigenvalue weighted by atomic mass is 16.7. The van der Waals surface area contributed by atoms with Gasteiger partial charge in [-0.3, -0.25) is 9.59 Å². The van der Waals surface area contributed by atoms with Gasteiger partial charge < -0.3 is 23.4 Å². The molecule has 254 valence electrons. The first-order valence-corrected chi connectivity index (χ1v) is 17.4. The molecular formula is C40H48NO7+. The Morgan fingerprint density at radius 1 is 0.729 bits per heavy atom. The number of hydrogen-bond acceptors (Lipinski definition) is 7. The van der Waals surface area contributed by atoms with Gasteiger partial charge in [-0.05, 0) is 31.9 Å². The van der Waals surface area contributed by atoms with Crippen LogP contribution in [0.4, 0.5) is 0 Å². The maximum atomic E-state index is 14.9. The van der Waals surface area contributed by atoms with Crippen LogP contribution >= 0.6 is 0 Å². The Labute approximate surface area is 283 Å². The van der Waals surface area contributed by atoms with Crippen molar-refractivity contribution in [2.45, 2.75) is 108 Å². The molecule has 1 spiro atoms. The molecule has 8 nitrogen and oxygen atoms in total. The van der Waals surface area contributed by atoms with E-state index in [0.717, 1.165) is 12.8 Å². The van der Waals surface area contributed by atoms with E-state index in [1.165, 1.54) is 43.3 Å². The molecule has 0 aliphatic carbocycles.